The molecule has 0 spiro atoms. The van der Waals surface area contributed by atoms with E-state index in [9.17, 15) is 9.59 Å². The van der Waals surface area contributed by atoms with Crippen LogP contribution in [0.25, 0.3) is 10.9 Å². The number of nitrogens with zero attached hydrogens (tertiary/aromatic N) is 2. The van der Waals surface area contributed by atoms with Crippen molar-refractivity contribution in [2.45, 2.75) is 38.6 Å². The Morgan fingerprint density at radius 1 is 1.32 bits per heavy atom. The minimum absolute atomic E-state index is 0.0649. The summed E-state index contributed by atoms with van der Waals surface area (Å²) in [5.74, 6) is -0.533. The van der Waals surface area contributed by atoms with Crippen LogP contribution in [-0.2, 0) is 16.6 Å². The fraction of sp³-hybridized carbons (Fsp3) is 0.421. The van der Waals surface area contributed by atoms with Gasteiger partial charge in [-0.1, -0.05) is 31.6 Å². The van der Waals surface area contributed by atoms with Gasteiger partial charge in [0.05, 0.1) is 11.6 Å². The highest BCUT2D eigenvalue weighted by Crippen LogP contribution is 2.28. The number of nitrogens with one attached hydrogen (secondary N) is 2. The molecule has 2 amide bonds. The Labute approximate surface area is 147 Å². The number of aromatic nitrogens is 2. The Balaban J connectivity index is 1.82. The van der Waals surface area contributed by atoms with Gasteiger partial charge in [0.1, 0.15) is 5.52 Å². The van der Waals surface area contributed by atoms with E-state index in [1.54, 1.807) is 0 Å². The van der Waals surface area contributed by atoms with Crippen molar-refractivity contribution in [3.63, 3.8) is 0 Å². The minimum Gasteiger partial charge on any atom is -0.349 e. The van der Waals surface area contributed by atoms with E-state index in [0.717, 1.165) is 42.3 Å². The highest BCUT2D eigenvalue weighted by atomic mass is 16.2. The molecule has 1 aromatic heterocycles. The van der Waals surface area contributed by atoms with Gasteiger partial charge in [-0.25, -0.2) is 0 Å². The number of carbonyl (C=O) groups excluding carboxylic acids is 2. The van der Waals surface area contributed by atoms with Crippen molar-refractivity contribution in [3.05, 3.63) is 36.5 Å². The maximum atomic E-state index is 12.9. The third kappa shape index (κ3) is 3.43. The van der Waals surface area contributed by atoms with Crippen LogP contribution >= 0.6 is 0 Å². The number of amides is 2. The molecule has 0 saturated heterocycles. The van der Waals surface area contributed by atoms with Crippen LogP contribution in [0.15, 0.2) is 30.9 Å². The summed E-state index contributed by atoms with van der Waals surface area (Å²) in [6, 6.07) is 5.64. The monoisotopic (exact) mass is 340 g/mol. The van der Waals surface area contributed by atoms with E-state index in [2.05, 4.69) is 22.3 Å². The number of hydrogen-bond acceptors (Lipinski definition) is 3. The van der Waals surface area contributed by atoms with Gasteiger partial charge in [0.2, 0.25) is 11.8 Å². The SMILES string of the molecule is C=CC(=O)N[C@@H]1CCCC[C@@H]1C(=O)Nc1cccc2c(C)n(C)nc12. The highest BCUT2D eigenvalue weighted by Gasteiger charge is 2.32. The lowest BCUT2D eigenvalue weighted by atomic mass is 9.83. The maximum Gasteiger partial charge on any atom is 0.243 e. The molecule has 25 heavy (non-hydrogen) atoms. The van der Waals surface area contributed by atoms with Crippen LogP contribution in [0.3, 0.4) is 0 Å². The number of benzene rings is 1. The normalized spacial score (nSPS) is 20.2. The summed E-state index contributed by atoms with van der Waals surface area (Å²) in [4.78, 5) is 24.5. The van der Waals surface area contributed by atoms with Crippen molar-refractivity contribution in [1.82, 2.24) is 15.1 Å². The van der Waals surface area contributed by atoms with Gasteiger partial charge >= 0.3 is 0 Å². The molecule has 1 heterocycles. The van der Waals surface area contributed by atoms with Crippen LogP contribution < -0.4 is 10.6 Å². The molecule has 3 rings (SSSR count). The lowest BCUT2D eigenvalue weighted by molar-refractivity contribution is -0.123. The second kappa shape index (κ2) is 7.09. The van der Waals surface area contributed by atoms with E-state index in [0.29, 0.717) is 5.69 Å². The van der Waals surface area contributed by atoms with Gasteiger partial charge in [-0.2, -0.15) is 5.10 Å². The lowest BCUT2D eigenvalue weighted by Gasteiger charge is -2.31. The molecule has 132 valence electrons. The van der Waals surface area contributed by atoms with E-state index in [1.807, 2.05) is 36.9 Å². The Bertz CT molecular complexity index is 824. The van der Waals surface area contributed by atoms with Crippen molar-refractivity contribution in [3.8, 4) is 0 Å². The summed E-state index contributed by atoms with van der Waals surface area (Å²) < 4.78 is 1.81. The fourth-order valence-electron chi connectivity index (χ4n) is 3.53. The van der Waals surface area contributed by atoms with Gasteiger partial charge in [0.25, 0.3) is 0 Å². The van der Waals surface area contributed by atoms with Gasteiger partial charge in [-0.15, -0.1) is 0 Å². The third-order valence-corrected chi connectivity index (χ3v) is 5.03. The van der Waals surface area contributed by atoms with E-state index in [4.69, 9.17) is 0 Å². The summed E-state index contributed by atoms with van der Waals surface area (Å²) in [5.41, 5.74) is 2.56. The standard InChI is InChI=1S/C19H24N4O2/c1-4-17(24)20-15-10-6-5-8-14(15)19(25)21-16-11-7-9-13-12(2)23(3)22-18(13)16/h4,7,9,11,14-15H,1,5-6,8,10H2,2-3H3,(H,20,24)(H,21,25)/t14-,15+/m0/s1. The number of carbonyl (C=O) groups is 2. The summed E-state index contributed by atoms with van der Waals surface area (Å²) in [6.45, 7) is 5.49. The first-order valence-electron chi connectivity index (χ1n) is 8.67. The molecule has 6 heteroatoms. The summed E-state index contributed by atoms with van der Waals surface area (Å²) in [5, 5.41) is 11.5. The van der Waals surface area contributed by atoms with Crippen LogP contribution in [0.2, 0.25) is 0 Å². The summed E-state index contributed by atoms with van der Waals surface area (Å²) in [6.07, 6.45) is 4.84. The molecule has 1 saturated carbocycles. The van der Waals surface area contributed by atoms with E-state index in [1.165, 1.54) is 6.08 Å². The van der Waals surface area contributed by atoms with E-state index >= 15 is 0 Å². The van der Waals surface area contributed by atoms with Gasteiger partial charge in [0, 0.05) is 24.2 Å². The highest BCUT2D eigenvalue weighted by molar-refractivity contribution is 6.02. The molecule has 2 N–H and O–H groups in total. The quantitative estimate of drug-likeness (QED) is 0.840. The number of aryl methyl sites for hydroxylation is 2. The molecule has 1 aromatic carbocycles. The predicted molar refractivity (Wildman–Crippen MR) is 98.2 cm³/mol. The zero-order chi connectivity index (χ0) is 18.0. The topological polar surface area (TPSA) is 76.0 Å². The van der Waals surface area contributed by atoms with Crippen LogP contribution in [0, 0.1) is 12.8 Å². The Kier molecular flexibility index (Phi) is 4.88. The first kappa shape index (κ1) is 17.2. The van der Waals surface area contributed by atoms with Gasteiger partial charge in [-0.3, -0.25) is 14.3 Å². The molecular formula is C19H24N4O2. The molecule has 0 unspecified atom stereocenters. The van der Waals surface area contributed by atoms with Crippen LogP contribution in [-0.4, -0.2) is 27.6 Å². The second-order valence-electron chi connectivity index (χ2n) is 6.61. The van der Waals surface area contributed by atoms with Crippen molar-refractivity contribution >= 4 is 28.4 Å². The Morgan fingerprint density at radius 2 is 2.08 bits per heavy atom. The van der Waals surface area contributed by atoms with Gasteiger partial charge in [-0.05, 0) is 31.9 Å². The van der Waals surface area contributed by atoms with E-state index < -0.39 is 0 Å². The zero-order valence-corrected chi connectivity index (χ0v) is 14.7. The fourth-order valence-corrected chi connectivity index (χ4v) is 3.53. The van der Waals surface area contributed by atoms with Crippen LogP contribution in [0.4, 0.5) is 5.69 Å². The van der Waals surface area contributed by atoms with E-state index in [-0.39, 0.29) is 23.8 Å². The van der Waals surface area contributed by atoms with Crippen LogP contribution in [0.5, 0.6) is 0 Å². The predicted octanol–water partition coefficient (Wildman–Crippen LogP) is 2.68. The number of fused-ring (bicyclic) bond motifs is 1. The summed E-state index contributed by atoms with van der Waals surface area (Å²) >= 11 is 0. The van der Waals surface area contributed by atoms with Crippen molar-refractivity contribution in [2.24, 2.45) is 13.0 Å². The maximum absolute atomic E-state index is 12.9. The lowest BCUT2D eigenvalue weighted by Crippen LogP contribution is -2.46. The second-order valence-corrected chi connectivity index (χ2v) is 6.61. The van der Waals surface area contributed by atoms with Crippen molar-refractivity contribution in [2.75, 3.05) is 5.32 Å². The Hall–Kier alpha value is -2.63. The van der Waals surface area contributed by atoms with Gasteiger partial charge < -0.3 is 10.6 Å². The third-order valence-electron chi connectivity index (χ3n) is 5.03. The molecule has 6 nitrogen and oxygen atoms in total. The molecule has 1 aliphatic carbocycles. The van der Waals surface area contributed by atoms with Crippen LogP contribution in [0.1, 0.15) is 31.4 Å². The number of anilines is 1. The molecule has 1 aliphatic rings. The first-order valence-corrected chi connectivity index (χ1v) is 8.67. The number of rotatable bonds is 4. The molecule has 0 aliphatic heterocycles. The van der Waals surface area contributed by atoms with Gasteiger partial charge in [0.15, 0.2) is 0 Å². The molecule has 0 bridgehead atoms. The molecular weight excluding hydrogens is 316 g/mol. The summed E-state index contributed by atoms with van der Waals surface area (Å²) in [7, 11) is 1.89. The molecule has 2 atom stereocenters. The number of hydrogen-bond donors (Lipinski definition) is 2. The smallest absolute Gasteiger partial charge is 0.243 e. The van der Waals surface area contributed by atoms with Crippen molar-refractivity contribution in [1.29, 1.82) is 0 Å². The zero-order valence-electron chi connectivity index (χ0n) is 14.7. The largest absolute Gasteiger partial charge is 0.349 e. The average molecular weight is 340 g/mol. The minimum atomic E-state index is -0.238. The Morgan fingerprint density at radius 3 is 2.84 bits per heavy atom. The van der Waals surface area contributed by atoms with Crippen molar-refractivity contribution < 1.29 is 9.59 Å². The average Bonchev–Trinajstić information content (AvgIpc) is 2.91. The molecule has 1 fully saturated rings. The molecule has 2 aromatic rings. The molecule has 0 radical (unpaired) electrons. The first-order chi connectivity index (χ1) is 12.0.